The normalized spacial score (nSPS) is 21.6. The van der Waals surface area contributed by atoms with Crippen molar-refractivity contribution in [2.24, 2.45) is 5.92 Å². The zero-order valence-corrected chi connectivity index (χ0v) is 12.3. The number of nitrogens with zero attached hydrogens (tertiary/aromatic N) is 1. The molecule has 1 heterocycles. The number of carboxylic acids is 1. The van der Waals surface area contributed by atoms with E-state index in [0.29, 0.717) is 18.4 Å². The fourth-order valence-corrected chi connectivity index (χ4v) is 3.26. The Morgan fingerprint density at radius 2 is 2.15 bits per heavy atom. The van der Waals surface area contributed by atoms with Crippen molar-refractivity contribution < 1.29 is 9.90 Å². The summed E-state index contributed by atoms with van der Waals surface area (Å²) in [6, 6.07) is 11.1. The third-order valence-electron chi connectivity index (χ3n) is 4.32. The molecule has 1 saturated heterocycles. The highest BCUT2D eigenvalue weighted by Gasteiger charge is 2.26. The molecule has 0 amide bonds. The van der Waals surface area contributed by atoms with Crippen LogP contribution in [0.5, 0.6) is 0 Å². The van der Waals surface area contributed by atoms with Crippen molar-refractivity contribution in [1.29, 1.82) is 0 Å². The van der Waals surface area contributed by atoms with Crippen molar-refractivity contribution in [3.05, 3.63) is 35.9 Å². The van der Waals surface area contributed by atoms with E-state index in [9.17, 15) is 4.79 Å². The van der Waals surface area contributed by atoms with Crippen molar-refractivity contribution >= 4 is 5.97 Å². The molecule has 0 aliphatic carbocycles. The van der Waals surface area contributed by atoms with Crippen molar-refractivity contribution in [2.45, 2.75) is 45.1 Å². The first kappa shape index (κ1) is 15.0. The van der Waals surface area contributed by atoms with Gasteiger partial charge in [-0.05, 0) is 43.7 Å². The summed E-state index contributed by atoms with van der Waals surface area (Å²) in [6.07, 6.45) is 4.69. The topological polar surface area (TPSA) is 40.5 Å². The van der Waals surface area contributed by atoms with Crippen LogP contribution in [0.25, 0.3) is 0 Å². The highest BCUT2D eigenvalue weighted by atomic mass is 16.4. The second kappa shape index (κ2) is 7.44. The number of aliphatic carboxylic acids is 1. The van der Waals surface area contributed by atoms with Crippen LogP contribution in [-0.2, 0) is 11.2 Å². The molecule has 3 heteroatoms. The first-order valence-corrected chi connectivity index (χ1v) is 7.68. The second-order valence-electron chi connectivity index (χ2n) is 5.85. The summed E-state index contributed by atoms with van der Waals surface area (Å²) in [5, 5.41) is 8.96. The molecule has 110 valence electrons. The molecule has 0 spiro atoms. The predicted octanol–water partition coefficient (Wildman–Crippen LogP) is 3.19. The lowest BCUT2D eigenvalue weighted by atomic mass is 9.92. The van der Waals surface area contributed by atoms with Gasteiger partial charge in [0, 0.05) is 19.0 Å². The van der Waals surface area contributed by atoms with Crippen LogP contribution in [0.4, 0.5) is 0 Å². The summed E-state index contributed by atoms with van der Waals surface area (Å²) >= 11 is 0. The smallest absolute Gasteiger partial charge is 0.303 e. The van der Waals surface area contributed by atoms with Crippen LogP contribution in [0.3, 0.4) is 0 Å². The Kier molecular flexibility index (Phi) is 5.60. The summed E-state index contributed by atoms with van der Waals surface area (Å²) in [5.41, 5.74) is 1.37. The van der Waals surface area contributed by atoms with Gasteiger partial charge in [-0.1, -0.05) is 37.3 Å². The summed E-state index contributed by atoms with van der Waals surface area (Å²) in [7, 11) is 0. The zero-order valence-electron chi connectivity index (χ0n) is 12.3. The number of benzene rings is 1. The van der Waals surface area contributed by atoms with Crippen molar-refractivity contribution in [2.75, 3.05) is 13.1 Å². The highest BCUT2D eigenvalue weighted by molar-refractivity contribution is 5.67. The van der Waals surface area contributed by atoms with Crippen molar-refractivity contribution in [3.8, 4) is 0 Å². The fraction of sp³-hybridized carbons (Fsp3) is 0.588. The lowest BCUT2D eigenvalue weighted by molar-refractivity contribution is -0.138. The van der Waals surface area contributed by atoms with Crippen molar-refractivity contribution in [3.63, 3.8) is 0 Å². The largest absolute Gasteiger partial charge is 0.481 e. The summed E-state index contributed by atoms with van der Waals surface area (Å²) < 4.78 is 0. The molecular weight excluding hydrogens is 250 g/mol. The molecule has 1 N–H and O–H groups in total. The van der Waals surface area contributed by atoms with Crippen LogP contribution in [-0.4, -0.2) is 35.1 Å². The molecular formula is C17H25NO2. The van der Waals surface area contributed by atoms with E-state index in [-0.39, 0.29) is 0 Å². The molecule has 2 unspecified atom stereocenters. The lowest BCUT2D eigenvalue weighted by Gasteiger charge is -2.37. The molecule has 1 aliphatic rings. The van der Waals surface area contributed by atoms with Gasteiger partial charge in [-0.2, -0.15) is 0 Å². The molecule has 3 nitrogen and oxygen atoms in total. The average molecular weight is 275 g/mol. The minimum atomic E-state index is -0.659. The van der Waals surface area contributed by atoms with E-state index in [0.717, 1.165) is 38.8 Å². The monoisotopic (exact) mass is 275 g/mol. The van der Waals surface area contributed by atoms with Gasteiger partial charge < -0.3 is 5.11 Å². The van der Waals surface area contributed by atoms with E-state index in [1.165, 1.54) is 5.56 Å². The van der Waals surface area contributed by atoms with Gasteiger partial charge in [0.2, 0.25) is 0 Å². The predicted molar refractivity (Wildman–Crippen MR) is 80.8 cm³/mol. The van der Waals surface area contributed by atoms with Gasteiger partial charge in [-0.15, -0.1) is 0 Å². The summed E-state index contributed by atoms with van der Waals surface area (Å²) in [5.74, 6) is -0.334. The SMILES string of the molecule is CCC(Cc1ccccc1)N1CCCC(CC(=O)O)C1. The molecule has 0 saturated carbocycles. The molecule has 2 atom stereocenters. The second-order valence-corrected chi connectivity index (χ2v) is 5.85. The third kappa shape index (κ3) is 4.34. The number of hydrogen-bond donors (Lipinski definition) is 1. The maximum Gasteiger partial charge on any atom is 0.303 e. The van der Waals surface area contributed by atoms with Crippen LogP contribution in [0.15, 0.2) is 30.3 Å². The lowest BCUT2D eigenvalue weighted by Crippen LogP contribution is -2.44. The molecule has 1 fully saturated rings. The summed E-state index contributed by atoms with van der Waals surface area (Å²) in [4.78, 5) is 13.4. The maximum atomic E-state index is 10.9. The van der Waals surface area contributed by atoms with Crippen LogP contribution < -0.4 is 0 Å². The number of rotatable bonds is 6. The van der Waals surface area contributed by atoms with Crippen LogP contribution in [0, 0.1) is 5.92 Å². The van der Waals surface area contributed by atoms with Crippen LogP contribution in [0.1, 0.15) is 38.2 Å². The van der Waals surface area contributed by atoms with E-state index in [2.05, 4.69) is 36.1 Å². The minimum Gasteiger partial charge on any atom is -0.481 e. The number of carboxylic acid groups (broad SMARTS) is 1. The third-order valence-corrected chi connectivity index (χ3v) is 4.32. The molecule has 1 aliphatic heterocycles. The number of carbonyl (C=O) groups is 1. The van der Waals surface area contributed by atoms with Gasteiger partial charge in [0.05, 0.1) is 0 Å². The Bertz CT molecular complexity index is 418. The van der Waals surface area contributed by atoms with Gasteiger partial charge in [-0.3, -0.25) is 9.69 Å². The first-order chi connectivity index (χ1) is 9.69. The zero-order chi connectivity index (χ0) is 14.4. The van der Waals surface area contributed by atoms with E-state index < -0.39 is 5.97 Å². The quantitative estimate of drug-likeness (QED) is 0.866. The minimum absolute atomic E-state index is 0.318. The van der Waals surface area contributed by atoms with Gasteiger partial charge in [0.15, 0.2) is 0 Å². The Morgan fingerprint density at radius 3 is 2.80 bits per heavy atom. The Labute approximate surface area is 121 Å². The molecule has 0 bridgehead atoms. The fourth-order valence-electron chi connectivity index (χ4n) is 3.26. The molecule has 0 radical (unpaired) electrons. The van der Waals surface area contributed by atoms with Gasteiger partial charge in [-0.25, -0.2) is 0 Å². The van der Waals surface area contributed by atoms with Crippen molar-refractivity contribution in [1.82, 2.24) is 4.90 Å². The van der Waals surface area contributed by atoms with E-state index in [1.807, 2.05) is 6.07 Å². The molecule has 1 aromatic carbocycles. The van der Waals surface area contributed by atoms with Crippen LogP contribution >= 0.6 is 0 Å². The number of hydrogen-bond acceptors (Lipinski definition) is 2. The molecule has 1 aromatic rings. The average Bonchev–Trinajstić information content (AvgIpc) is 2.45. The first-order valence-electron chi connectivity index (χ1n) is 7.68. The van der Waals surface area contributed by atoms with Gasteiger partial charge in [0.25, 0.3) is 0 Å². The van der Waals surface area contributed by atoms with E-state index in [1.54, 1.807) is 0 Å². The molecule has 20 heavy (non-hydrogen) atoms. The highest BCUT2D eigenvalue weighted by Crippen LogP contribution is 2.23. The van der Waals surface area contributed by atoms with Gasteiger partial charge >= 0.3 is 5.97 Å². The Morgan fingerprint density at radius 1 is 1.40 bits per heavy atom. The number of likely N-dealkylation sites (tertiary alicyclic amines) is 1. The maximum absolute atomic E-state index is 10.9. The van der Waals surface area contributed by atoms with E-state index in [4.69, 9.17) is 5.11 Å². The summed E-state index contributed by atoms with van der Waals surface area (Å²) in [6.45, 7) is 4.29. The van der Waals surface area contributed by atoms with E-state index >= 15 is 0 Å². The molecule has 0 aromatic heterocycles. The number of piperidine rings is 1. The standard InChI is InChI=1S/C17H25NO2/c1-2-16(11-14-7-4-3-5-8-14)18-10-6-9-15(13-18)12-17(19)20/h3-5,7-8,15-16H,2,6,9-13H2,1H3,(H,19,20). The Hall–Kier alpha value is -1.35. The Balaban J connectivity index is 1.94. The van der Waals surface area contributed by atoms with Gasteiger partial charge in [0.1, 0.15) is 0 Å². The molecule has 2 rings (SSSR count). The van der Waals surface area contributed by atoms with Crippen LogP contribution in [0.2, 0.25) is 0 Å².